The molecule has 1 saturated heterocycles. The number of anilines is 2. The summed E-state index contributed by atoms with van der Waals surface area (Å²) in [6, 6.07) is 15.0. The van der Waals surface area contributed by atoms with Crippen molar-refractivity contribution in [1.29, 1.82) is 0 Å². The van der Waals surface area contributed by atoms with Crippen LogP contribution in [-0.2, 0) is 4.84 Å². The van der Waals surface area contributed by atoms with Crippen LogP contribution in [-0.4, -0.2) is 58.4 Å². The van der Waals surface area contributed by atoms with Gasteiger partial charge in [0, 0.05) is 61.6 Å². The SMILES string of the molecule is COc1cc(C)cc(N(C)OCCCN2CCN(c3cccc4sccc34)CC2)c1. The highest BCUT2D eigenvalue weighted by molar-refractivity contribution is 7.17. The van der Waals surface area contributed by atoms with Gasteiger partial charge in [0.15, 0.2) is 0 Å². The first-order valence-electron chi connectivity index (χ1n) is 10.6. The van der Waals surface area contributed by atoms with Gasteiger partial charge in [-0.15, -0.1) is 11.3 Å². The van der Waals surface area contributed by atoms with Crippen molar-refractivity contribution in [1.82, 2.24) is 4.90 Å². The zero-order valence-electron chi connectivity index (χ0n) is 18.1. The van der Waals surface area contributed by atoms with E-state index in [1.165, 1.54) is 15.8 Å². The van der Waals surface area contributed by atoms with E-state index in [4.69, 9.17) is 9.57 Å². The molecule has 0 unspecified atom stereocenters. The smallest absolute Gasteiger partial charge is 0.121 e. The Morgan fingerprint density at radius 1 is 1.07 bits per heavy atom. The van der Waals surface area contributed by atoms with Gasteiger partial charge in [-0.3, -0.25) is 14.8 Å². The number of benzene rings is 2. The summed E-state index contributed by atoms with van der Waals surface area (Å²) in [5, 5.41) is 5.42. The number of piperazine rings is 1. The number of nitrogens with zero attached hydrogens (tertiary/aromatic N) is 3. The van der Waals surface area contributed by atoms with Gasteiger partial charge in [0.05, 0.1) is 19.4 Å². The van der Waals surface area contributed by atoms with E-state index in [0.29, 0.717) is 6.61 Å². The fourth-order valence-electron chi connectivity index (χ4n) is 4.06. The molecule has 1 aliphatic rings. The molecule has 5 nitrogen and oxygen atoms in total. The molecule has 0 radical (unpaired) electrons. The summed E-state index contributed by atoms with van der Waals surface area (Å²) >= 11 is 1.82. The maximum atomic E-state index is 5.95. The average Bonchev–Trinajstić information content (AvgIpc) is 3.25. The predicted octanol–water partition coefficient (Wildman–Crippen LogP) is 4.80. The molecule has 0 aliphatic carbocycles. The molecule has 2 aromatic carbocycles. The number of hydrogen-bond donors (Lipinski definition) is 0. The number of aryl methyl sites for hydroxylation is 1. The lowest BCUT2D eigenvalue weighted by Crippen LogP contribution is -2.46. The zero-order chi connectivity index (χ0) is 20.9. The molecule has 4 rings (SSSR count). The van der Waals surface area contributed by atoms with Crippen LogP contribution in [0.4, 0.5) is 11.4 Å². The lowest BCUT2D eigenvalue weighted by Gasteiger charge is -2.36. The molecule has 3 aromatic rings. The van der Waals surface area contributed by atoms with Crippen LogP contribution in [0.25, 0.3) is 10.1 Å². The minimum absolute atomic E-state index is 0.710. The van der Waals surface area contributed by atoms with E-state index in [1.54, 1.807) is 7.11 Å². The number of thiophene rings is 1. The molecule has 30 heavy (non-hydrogen) atoms. The lowest BCUT2D eigenvalue weighted by molar-refractivity contribution is 0.108. The van der Waals surface area contributed by atoms with Crippen molar-refractivity contribution in [3.05, 3.63) is 53.4 Å². The third-order valence-electron chi connectivity index (χ3n) is 5.72. The van der Waals surface area contributed by atoms with Gasteiger partial charge in [-0.25, -0.2) is 0 Å². The molecule has 0 spiro atoms. The number of ether oxygens (including phenoxy) is 1. The third-order valence-corrected chi connectivity index (χ3v) is 6.61. The molecular weight excluding hydrogens is 394 g/mol. The van der Waals surface area contributed by atoms with E-state index in [-0.39, 0.29) is 0 Å². The van der Waals surface area contributed by atoms with E-state index >= 15 is 0 Å². The van der Waals surface area contributed by atoms with Crippen LogP contribution in [0.2, 0.25) is 0 Å². The molecule has 6 heteroatoms. The monoisotopic (exact) mass is 425 g/mol. The molecule has 1 fully saturated rings. The molecule has 0 N–H and O–H groups in total. The summed E-state index contributed by atoms with van der Waals surface area (Å²) < 4.78 is 6.74. The quantitative estimate of drug-likeness (QED) is 0.382. The second kappa shape index (κ2) is 9.69. The first-order valence-corrected chi connectivity index (χ1v) is 11.5. The van der Waals surface area contributed by atoms with Crippen molar-refractivity contribution in [2.24, 2.45) is 0 Å². The average molecular weight is 426 g/mol. The summed E-state index contributed by atoms with van der Waals surface area (Å²) in [7, 11) is 3.65. The summed E-state index contributed by atoms with van der Waals surface area (Å²) in [5.41, 5.74) is 3.56. The molecule has 0 bridgehead atoms. The molecule has 160 valence electrons. The van der Waals surface area contributed by atoms with E-state index in [1.807, 2.05) is 35.6 Å². The number of rotatable bonds is 8. The van der Waals surface area contributed by atoms with Gasteiger partial charge < -0.3 is 9.64 Å². The first kappa shape index (κ1) is 21.0. The van der Waals surface area contributed by atoms with E-state index in [0.717, 1.165) is 56.1 Å². The van der Waals surface area contributed by atoms with E-state index < -0.39 is 0 Å². The highest BCUT2D eigenvalue weighted by atomic mass is 32.1. The number of methoxy groups -OCH3 is 1. The Kier molecular flexibility index (Phi) is 6.77. The Labute approximate surface area is 183 Å². The summed E-state index contributed by atoms with van der Waals surface area (Å²) in [6.07, 6.45) is 1.02. The Morgan fingerprint density at radius 2 is 1.90 bits per heavy atom. The number of fused-ring (bicyclic) bond motifs is 1. The largest absolute Gasteiger partial charge is 0.497 e. The summed E-state index contributed by atoms with van der Waals surface area (Å²) in [5.74, 6) is 0.858. The predicted molar refractivity (Wildman–Crippen MR) is 127 cm³/mol. The van der Waals surface area contributed by atoms with Crippen LogP contribution in [0.15, 0.2) is 47.8 Å². The molecule has 0 atom stereocenters. The Balaban J connectivity index is 1.21. The minimum atomic E-state index is 0.710. The first-order chi connectivity index (χ1) is 14.6. The standard InChI is InChI=1S/C24H31N3O2S/c1-19-16-20(18-21(17-19)28-3)25(2)29-14-5-9-26-10-12-27(13-11-26)23-6-4-7-24-22(23)8-15-30-24/h4,6-8,15-18H,5,9-14H2,1-3H3. The van der Waals surface area contributed by atoms with E-state index in [2.05, 4.69) is 52.4 Å². The molecule has 1 aromatic heterocycles. The fourth-order valence-corrected chi connectivity index (χ4v) is 4.87. The van der Waals surface area contributed by atoms with Gasteiger partial charge in [-0.2, -0.15) is 0 Å². The highest BCUT2D eigenvalue weighted by Crippen LogP contribution is 2.31. The van der Waals surface area contributed by atoms with Crippen LogP contribution in [0.1, 0.15) is 12.0 Å². The summed E-state index contributed by atoms with van der Waals surface area (Å²) in [6.45, 7) is 8.22. The van der Waals surface area contributed by atoms with Gasteiger partial charge in [0.2, 0.25) is 0 Å². The van der Waals surface area contributed by atoms with Gasteiger partial charge in [-0.1, -0.05) is 6.07 Å². The second-order valence-electron chi connectivity index (χ2n) is 7.83. The Bertz CT molecular complexity index is 966. The third kappa shape index (κ3) is 4.89. The fraction of sp³-hybridized carbons (Fsp3) is 0.417. The topological polar surface area (TPSA) is 28.2 Å². The molecule has 2 heterocycles. The van der Waals surface area contributed by atoms with Crippen LogP contribution in [0.3, 0.4) is 0 Å². The second-order valence-corrected chi connectivity index (χ2v) is 8.78. The van der Waals surface area contributed by atoms with Gasteiger partial charge in [-0.05, 0) is 54.6 Å². The van der Waals surface area contributed by atoms with Crippen molar-refractivity contribution in [2.75, 3.05) is 63.5 Å². The maximum absolute atomic E-state index is 5.95. The van der Waals surface area contributed by atoms with Gasteiger partial charge in [0.1, 0.15) is 5.75 Å². The van der Waals surface area contributed by atoms with Gasteiger partial charge in [0.25, 0.3) is 0 Å². The van der Waals surface area contributed by atoms with Crippen molar-refractivity contribution < 1.29 is 9.57 Å². The Hall–Kier alpha value is -2.28. The maximum Gasteiger partial charge on any atom is 0.121 e. The highest BCUT2D eigenvalue weighted by Gasteiger charge is 2.18. The Morgan fingerprint density at radius 3 is 2.70 bits per heavy atom. The van der Waals surface area contributed by atoms with Crippen molar-refractivity contribution >= 4 is 32.8 Å². The zero-order valence-corrected chi connectivity index (χ0v) is 19.0. The molecule has 0 amide bonds. The van der Waals surface area contributed by atoms with Gasteiger partial charge >= 0.3 is 0 Å². The molecule has 0 saturated carbocycles. The van der Waals surface area contributed by atoms with Crippen molar-refractivity contribution in [3.8, 4) is 5.75 Å². The lowest BCUT2D eigenvalue weighted by atomic mass is 10.2. The number of hydroxylamine groups is 1. The van der Waals surface area contributed by atoms with Crippen molar-refractivity contribution in [2.45, 2.75) is 13.3 Å². The molecule has 1 aliphatic heterocycles. The van der Waals surface area contributed by atoms with Crippen molar-refractivity contribution in [3.63, 3.8) is 0 Å². The normalized spacial score (nSPS) is 15.0. The van der Waals surface area contributed by atoms with Crippen LogP contribution >= 0.6 is 11.3 Å². The van der Waals surface area contributed by atoms with Crippen LogP contribution in [0.5, 0.6) is 5.75 Å². The number of hydrogen-bond acceptors (Lipinski definition) is 6. The molecular formula is C24H31N3O2S. The summed E-state index contributed by atoms with van der Waals surface area (Å²) in [4.78, 5) is 11.0. The van der Waals surface area contributed by atoms with Crippen LogP contribution < -0.4 is 14.7 Å². The minimum Gasteiger partial charge on any atom is -0.497 e. The van der Waals surface area contributed by atoms with E-state index in [9.17, 15) is 0 Å². The van der Waals surface area contributed by atoms with Crippen LogP contribution in [0, 0.1) is 6.92 Å².